The molecule has 0 spiro atoms. The van der Waals surface area contributed by atoms with Crippen LogP contribution in [0.2, 0.25) is 0 Å². The van der Waals surface area contributed by atoms with Gasteiger partial charge in [0.2, 0.25) is 5.91 Å². The van der Waals surface area contributed by atoms with Gasteiger partial charge in [-0.05, 0) is 37.2 Å². The molecule has 1 N–H and O–H groups in total. The SMILES string of the molecule is O=C1CO[C@H]2CCN(C(=O)N3CCC(Cc4ccccc4)CC3)C[C@@H]2N1. The minimum absolute atomic E-state index is 0.0494. The van der Waals surface area contributed by atoms with Crippen LogP contribution < -0.4 is 5.32 Å². The van der Waals surface area contributed by atoms with Crippen LogP contribution >= 0.6 is 0 Å². The van der Waals surface area contributed by atoms with Crippen LogP contribution in [0.15, 0.2) is 30.3 Å². The molecule has 6 heteroatoms. The molecule has 3 saturated heterocycles. The van der Waals surface area contributed by atoms with Gasteiger partial charge in [0, 0.05) is 26.2 Å². The molecule has 3 aliphatic rings. The Kier molecular flexibility index (Phi) is 5.11. The van der Waals surface area contributed by atoms with E-state index in [9.17, 15) is 9.59 Å². The Hall–Kier alpha value is -2.08. The van der Waals surface area contributed by atoms with Gasteiger partial charge in [0.25, 0.3) is 0 Å². The van der Waals surface area contributed by atoms with Crippen molar-refractivity contribution in [3.05, 3.63) is 35.9 Å². The van der Waals surface area contributed by atoms with Crippen molar-refractivity contribution < 1.29 is 14.3 Å². The van der Waals surface area contributed by atoms with Gasteiger partial charge in [-0.1, -0.05) is 30.3 Å². The lowest BCUT2D eigenvalue weighted by atomic mass is 9.90. The van der Waals surface area contributed by atoms with Crippen molar-refractivity contribution in [3.63, 3.8) is 0 Å². The number of hydrogen-bond donors (Lipinski definition) is 1. The van der Waals surface area contributed by atoms with Gasteiger partial charge >= 0.3 is 6.03 Å². The Morgan fingerprint density at radius 1 is 1.08 bits per heavy atom. The van der Waals surface area contributed by atoms with Gasteiger partial charge in [-0.25, -0.2) is 4.79 Å². The summed E-state index contributed by atoms with van der Waals surface area (Å²) < 4.78 is 5.57. The first-order chi connectivity index (χ1) is 12.7. The number of morpholine rings is 1. The van der Waals surface area contributed by atoms with Gasteiger partial charge in [-0.2, -0.15) is 0 Å². The highest BCUT2D eigenvalue weighted by atomic mass is 16.5. The first kappa shape index (κ1) is 17.3. The summed E-state index contributed by atoms with van der Waals surface area (Å²) in [6.45, 7) is 3.05. The molecule has 3 fully saturated rings. The van der Waals surface area contributed by atoms with Crippen LogP contribution in [0.25, 0.3) is 0 Å². The highest BCUT2D eigenvalue weighted by Crippen LogP contribution is 2.24. The van der Waals surface area contributed by atoms with E-state index in [0.29, 0.717) is 19.0 Å². The second-order valence-electron chi connectivity index (χ2n) is 7.66. The van der Waals surface area contributed by atoms with Crippen molar-refractivity contribution in [2.24, 2.45) is 5.92 Å². The predicted molar refractivity (Wildman–Crippen MR) is 97.7 cm³/mol. The number of urea groups is 1. The first-order valence-electron chi connectivity index (χ1n) is 9.68. The lowest BCUT2D eigenvalue weighted by Crippen LogP contribution is -2.62. The fraction of sp³-hybridized carbons (Fsp3) is 0.600. The molecule has 26 heavy (non-hydrogen) atoms. The molecule has 0 bridgehead atoms. The number of rotatable bonds is 2. The topological polar surface area (TPSA) is 61.9 Å². The normalized spacial score (nSPS) is 27.0. The van der Waals surface area contributed by atoms with Crippen molar-refractivity contribution in [3.8, 4) is 0 Å². The molecule has 1 aromatic carbocycles. The first-order valence-corrected chi connectivity index (χ1v) is 9.68. The van der Waals surface area contributed by atoms with Gasteiger partial charge in [-0.3, -0.25) is 4.79 Å². The zero-order chi connectivity index (χ0) is 17.9. The maximum Gasteiger partial charge on any atom is 0.320 e. The third-order valence-electron chi connectivity index (χ3n) is 5.85. The molecule has 1 aromatic rings. The van der Waals surface area contributed by atoms with Crippen LogP contribution in [0.3, 0.4) is 0 Å². The Labute approximate surface area is 154 Å². The monoisotopic (exact) mass is 357 g/mol. The largest absolute Gasteiger partial charge is 0.366 e. The van der Waals surface area contributed by atoms with E-state index < -0.39 is 0 Å². The third kappa shape index (κ3) is 3.85. The van der Waals surface area contributed by atoms with Crippen molar-refractivity contribution in [2.45, 2.75) is 37.8 Å². The maximum absolute atomic E-state index is 12.9. The van der Waals surface area contributed by atoms with E-state index in [0.717, 1.165) is 38.8 Å². The summed E-state index contributed by atoms with van der Waals surface area (Å²) in [5.41, 5.74) is 1.38. The van der Waals surface area contributed by atoms with Crippen molar-refractivity contribution in [2.75, 3.05) is 32.8 Å². The zero-order valence-electron chi connectivity index (χ0n) is 15.1. The molecule has 3 aliphatic heterocycles. The van der Waals surface area contributed by atoms with Gasteiger partial charge in [0.15, 0.2) is 0 Å². The third-order valence-corrected chi connectivity index (χ3v) is 5.85. The number of nitrogens with one attached hydrogen (secondary N) is 1. The van der Waals surface area contributed by atoms with E-state index in [4.69, 9.17) is 4.74 Å². The smallest absolute Gasteiger partial charge is 0.320 e. The number of ether oxygens (including phenoxy) is 1. The molecule has 3 amide bonds. The minimum atomic E-state index is -0.0812. The maximum atomic E-state index is 12.9. The van der Waals surface area contributed by atoms with E-state index in [1.165, 1.54) is 5.56 Å². The molecule has 2 atom stereocenters. The van der Waals surface area contributed by atoms with Crippen molar-refractivity contribution in [1.29, 1.82) is 0 Å². The molecule has 4 rings (SSSR count). The lowest BCUT2D eigenvalue weighted by molar-refractivity contribution is -0.139. The number of amides is 3. The molecule has 0 aliphatic carbocycles. The molecule has 6 nitrogen and oxygen atoms in total. The Bertz CT molecular complexity index is 643. The summed E-state index contributed by atoms with van der Waals surface area (Å²) in [5, 5.41) is 2.96. The average molecular weight is 357 g/mol. The molecule has 140 valence electrons. The standard InChI is InChI=1S/C20H27N3O3/c24-19-14-26-18-8-11-23(13-17(18)21-19)20(25)22-9-6-16(7-10-22)12-15-4-2-1-3-5-15/h1-5,16-18H,6-14H2,(H,21,24)/t17-,18-/m0/s1. The Morgan fingerprint density at radius 3 is 2.58 bits per heavy atom. The fourth-order valence-electron chi connectivity index (χ4n) is 4.35. The second kappa shape index (κ2) is 7.66. The number of carbonyl (C=O) groups excluding carboxylic acids is 2. The minimum Gasteiger partial charge on any atom is -0.366 e. The number of hydrogen-bond acceptors (Lipinski definition) is 3. The van der Waals surface area contributed by atoms with Crippen molar-refractivity contribution in [1.82, 2.24) is 15.1 Å². The summed E-state index contributed by atoms with van der Waals surface area (Å²) >= 11 is 0. The summed E-state index contributed by atoms with van der Waals surface area (Å²) in [6, 6.07) is 10.6. The quantitative estimate of drug-likeness (QED) is 0.875. The average Bonchev–Trinajstić information content (AvgIpc) is 2.68. The summed E-state index contributed by atoms with van der Waals surface area (Å²) in [6.07, 6.45) is 4.05. The molecule has 0 unspecified atom stereocenters. The number of fused-ring (bicyclic) bond motifs is 1. The second-order valence-corrected chi connectivity index (χ2v) is 7.66. The Morgan fingerprint density at radius 2 is 1.81 bits per heavy atom. The van der Waals surface area contributed by atoms with E-state index in [-0.39, 0.29) is 30.7 Å². The molecule has 0 aromatic heterocycles. The van der Waals surface area contributed by atoms with Crippen LogP contribution in [-0.2, 0) is 16.0 Å². The van der Waals surface area contributed by atoms with Gasteiger partial charge in [-0.15, -0.1) is 0 Å². The number of benzene rings is 1. The van der Waals surface area contributed by atoms with Crippen LogP contribution in [0.5, 0.6) is 0 Å². The molecular weight excluding hydrogens is 330 g/mol. The number of likely N-dealkylation sites (tertiary alicyclic amines) is 2. The van der Waals surface area contributed by atoms with Gasteiger partial charge in [0.05, 0.1) is 12.1 Å². The van der Waals surface area contributed by atoms with Gasteiger partial charge < -0.3 is 19.9 Å². The van der Waals surface area contributed by atoms with E-state index in [1.807, 2.05) is 15.9 Å². The van der Waals surface area contributed by atoms with Crippen LogP contribution in [0.4, 0.5) is 4.79 Å². The highest BCUT2D eigenvalue weighted by molar-refractivity contribution is 5.79. The van der Waals surface area contributed by atoms with Gasteiger partial charge in [0.1, 0.15) is 6.61 Å². The highest BCUT2D eigenvalue weighted by Gasteiger charge is 2.37. The summed E-state index contributed by atoms with van der Waals surface area (Å²) in [4.78, 5) is 28.3. The van der Waals surface area contributed by atoms with Crippen molar-refractivity contribution >= 4 is 11.9 Å². The zero-order valence-corrected chi connectivity index (χ0v) is 15.1. The fourth-order valence-corrected chi connectivity index (χ4v) is 4.35. The molecular formula is C20H27N3O3. The van der Waals surface area contributed by atoms with E-state index in [2.05, 4.69) is 29.6 Å². The summed E-state index contributed by atoms with van der Waals surface area (Å²) in [5.74, 6) is 0.570. The molecule has 0 radical (unpaired) electrons. The van der Waals surface area contributed by atoms with Crippen LogP contribution in [-0.4, -0.2) is 66.7 Å². The lowest BCUT2D eigenvalue weighted by Gasteiger charge is -2.43. The number of piperidine rings is 2. The van der Waals surface area contributed by atoms with Crippen LogP contribution in [0.1, 0.15) is 24.8 Å². The molecule has 0 saturated carbocycles. The summed E-state index contributed by atoms with van der Waals surface area (Å²) in [7, 11) is 0. The molecule has 3 heterocycles. The van der Waals surface area contributed by atoms with E-state index in [1.54, 1.807) is 0 Å². The predicted octanol–water partition coefficient (Wildman–Crippen LogP) is 1.65. The van der Waals surface area contributed by atoms with E-state index >= 15 is 0 Å². The van der Waals surface area contributed by atoms with Crippen LogP contribution in [0, 0.1) is 5.92 Å². The Balaban J connectivity index is 1.27. The number of carbonyl (C=O) groups is 2. The number of nitrogens with zero attached hydrogens (tertiary/aromatic N) is 2.